The van der Waals surface area contributed by atoms with Crippen LogP contribution >= 0.6 is 0 Å². The molecule has 1 unspecified atom stereocenters. The minimum atomic E-state index is -0.570. The Balaban J connectivity index is 1.47. The SMILES string of the molecule is CCC(C)OC(=O)CN1CCC2(CCN(C(=O)Cc3ccc(C#N)cc3)CC2)OC1=O. The third-order valence-corrected chi connectivity index (χ3v) is 6.09. The van der Waals surface area contributed by atoms with Gasteiger partial charge in [0.05, 0.1) is 24.2 Å². The van der Waals surface area contributed by atoms with Gasteiger partial charge in [-0.3, -0.25) is 14.5 Å². The predicted octanol–water partition coefficient (Wildman–Crippen LogP) is 2.65. The van der Waals surface area contributed by atoms with E-state index in [0.717, 1.165) is 12.0 Å². The van der Waals surface area contributed by atoms with Crippen molar-refractivity contribution >= 4 is 18.0 Å². The van der Waals surface area contributed by atoms with Crippen molar-refractivity contribution in [2.45, 2.75) is 57.7 Å². The maximum absolute atomic E-state index is 12.6. The van der Waals surface area contributed by atoms with E-state index in [1.165, 1.54) is 4.90 Å². The molecular weight excluding hydrogens is 398 g/mol. The van der Waals surface area contributed by atoms with Gasteiger partial charge in [-0.1, -0.05) is 19.1 Å². The number of carbonyl (C=O) groups is 3. The number of ether oxygens (including phenoxy) is 2. The molecule has 2 heterocycles. The van der Waals surface area contributed by atoms with Crippen LogP contribution in [0.15, 0.2) is 24.3 Å². The maximum Gasteiger partial charge on any atom is 0.410 e. The first kappa shape index (κ1) is 22.6. The molecule has 166 valence electrons. The van der Waals surface area contributed by atoms with Crippen molar-refractivity contribution in [1.82, 2.24) is 9.80 Å². The molecule has 0 saturated carbocycles. The zero-order valence-electron chi connectivity index (χ0n) is 18.1. The zero-order valence-corrected chi connectivity index (χ0v) is 18.1. The molecule has 0 radical (unpaired) electrons. The first-order valence-electron chi connectivity index (χ1n) is 10.8. The summed E-state index contributed by atoms with van der Waals surface area (Å²) >= 11 is 0. The van der Waals surface area contributed by atoms with Gasteiger partial charge in [-0.25, -0.2) is 4.79 Å². The fourth-order valence-corrected chi connectivity index (χ4v) is 3.87. The van der Waals surface area contributed by atoms with Crippen LogP contribution in [0.5, 0.6) is 0 Å². The topological polar surface area (TPSA) is 99.9 Å². The van der Waals surface area contributed by atoms with Crippen LogP contribution in [0.3, 0.4) is 0 Å². The van der Waals surface area contributed by atoms with Crippen molar-refractivity contribution in [3.63, 3.8) is 0 Å². The van der Waals surface area contributed by atoms with E-state index in [1.54, 1.807) is 29.2 Å². The van der Waals surface area contributed by atoms with Gasteiger partial charge in [0.2, 0.25) is 5.91 Å². The normalized spacial score (nSPS) is 18.8. The van der Waals surface area contributed by atoms with Crippen LogP contribution in [0.2, 0.25) is 0 Å². The second-order valence-corrected chi connectivity index (χ2v) is 8.30. The summed E-state index contributed by atoms with van der Waals surface area (Å²) in [6.07, 6.45) is 2.14. The number of carbonyl (C=O) groups excluding carboxylic acids is 3. The summed E-state index contributed by atoms with van der Waals surface area (Å²) in [6, 6.07) is 9.08. The highest BCUT2D eigenvalue weighted by atomic mass is 16.6. The van der Waals surface area contributed by atoms with Gasteiger partial charge in [-0.2, -0.15) is 5.26 Å². The maximum atomic E-state index is 12.6. The van der Waals surface area contributed by atoms with Gasteiger partial charge in [0, 0.05) is 38.9 Å². The Bertz CT molecular complexity index is 853. The molecule has 0 aromatic heterocycles. The molecule has 0 N–H and O–H groups in total. The Morgan fingerprint density at radius 3 is 2.42 bits per heavy atom. The first-order chi connectivity index (χ1) is 14.8. The van der Waals surface area contributed by atoms with Crippen LogP contribution < -0.4 is 0 Å². The molecule has 8 nitrogen and oxygen atoms in total. The Morgan fingerprint density at radius 2 is 1.84 bits per heavy atom. The van der Waals surface area contributed by atoms with Crippen LogP contribution in [-0.4, -0.2) is 65.7 Å². The van der Waals surface area contributed by atoms with Crippen molar-refractivity contribution in [3.05, 3.63) is 35.4 Å². The standard InChI is InChI=1S/C23H29N3O5/c1-3-17(2)30-21(28)16-26-13-10-23(31-22(26)29)8-11-25(12-9-23)20(27)14-18-4-6-19(15-24)7-5-18/h4-7,17H,3,8-14,16H2,1-2H3. The van der Waals surface area contributed by atoms with Crippen molar-refractivity contribution in [2.75, 3.05) is 26.2 Å². The number of benzene rings is 1. The highest BCUT2D eigenvalue weighted by Crippen LogP contribution is 2.34. The smallest absolute Gasteiger partial charge is 0.410 e. The summed E-state index contributed by atoms with van der Waals surface area (Å²) in [6.45, 7) is 5.13. The van der Waals surface area contributed by atoms with E-state index in [2.05, 4.69) is 6.07 Å². The van der Waals surface area contributed by atoms with Crippen molar-refractivity contribution < 1.29 is 23.9 Å². The van der Waals surface area contributed by atoms with Crippen LogP contribution in [0.4, 0.5) is 4.79 Å². The van der Waals surface area contributed by atoms with E-state index in [4.69, 9.17) is 14.7 Å². The lowest BCUT2D eigenvalue weighted by molar-refractivity contribution is -0.152. The monoisotopic (exact) mass is 427 g/mol. The Labute approximate surface area is 182 Å². The zero-order chi connectivity index (χ0) is 22.4. The molecule has 2 fully saturated rings. The molecule has 0 aliphatic carbocycles. The van der Waals surface area contributed by atoms with Crippen molar-refractivity contribution in [2.24, 2.45) is 0 Å². The highest BCUT2D eigenvalue weighted by Gasteiger charge is 2.44. The lowest BCUT2D eigenvalue weighted by Crippen LogP contribution is -2.56. The molecule has 1 aromatic rings. The van der Waals surface area contributed by atoms with Crippen molar-refractivity contribution in [1.29, 1.82) is 5.26 Å². The number of amides is 2. The molecule has 8 heteroatoms. The number of nitriles is 1. The number of rotatable bonds is 6. The van der Waals surface area contributed by atoms with Gasteiger partial charge in [0.25, 0.3) is 0 Å². The number of esters is 1. The fourth-order valence-electron chi connectivity index (χ4n) is 3.87. The quantitative estimate of drug-likeness (QED) is 0.647. The van der Waals surface area contributed by atoms with Crippen molar-refractivity contribution in [3.8, 4) is 6.07 Å². The second-order valence-electron chi connectivity index (χ2n) is 8.30. The minimum absolute atomic E-state index is 0.0242. The summed E-state index contributed by atoms with van der Waals surface area (Å²) in [5.41, 5.74) is 0.866. The third-order valence-electron chi connectivity index (χ3n) is 6.09. The predicted molar refractivity (Wildman–Crippen MR) is 112 cm³/mol. The van der Waals surface area contributed by atoms with Crippen LogP contribution in [-0.2, 0) is 25.5 Å². The number of piperidine rings is 1. The summed E-state index contributed by atoms with van der Waals surface area (Å²) in [5, 5.41) is 8.87. The highest BCUT2D eigenvalue weighted by molar-refractivity contribution is 5.80. The largest absolute Gasteiger partial charge is 0.461 e. The van der Waals surface area contributed by atoms with Gasteiger partial charge in [0.15, 0.2) is 0 Å². The second kappa shape index (κ2) is 9.82. The van der Waals surface area contributed by atoms with E-state index in [9.17, 15) is 14.4 Å². The lowest BCUT2D eigenvalue weighted by atomic mass is 9.86. The molecule has 2 aliphatic rings. The third kappa shape index (κ3) is 5.75. The Kier molecular flexibility index (Phi) is 7.16. The molecule has 2 amide bonds. The van der Waals surface area contributed by atoms with Gasteiger partial charge in [-0.05, 0) is 31.0 Å². The molecular formula is C23H29N3O5. The number of nitrogens with zero attached hydrogens (tertiary/aromatic N) is 3. The summed E-state index contributed by atoms with van der Waals surface area (Å²) < 4.78 is 11.0. The number of hydrogen-bond donors (Lipinski definition) is 0. The Morgan fingerprint density at radius 1 is 1.19 bits per heavy atom. The van der Waals surface area contributed by atoms with Crippen LogP contribution in [0.25, 0.3) is 0 Å². The van der Waals surface area contributed by atoms with E-state index < -0.39 is 17.7 Å². The van der Waals surface area contributed by atoms with E-state index in [0.29, 0.717) is 44.5 Å². The van der Waals surface area contributed by atoms with E-state index in [-0.39, 0.29) is 25.0 Å². The average molecular weight is 428 g/mol. The first-order valence-corrected chi connectivity index (χ1v) is 10.8. The van der Waals surface area contributed by atoms with Gasteiger partial charge < -0.3 is 14.4 Å². The molecule has 31 heavy (non-hydrogen) atoms. The van der Waals surface area contributed by atoms with Gasteiger partial charge in [0.1, 0.15) is 12.1 Å². The molecule has 2 saturated heterocycles. The average Bonchev–Trinajstić information content (AvgIpc) is 2.76. The molecule has 2 aliphatic heterocycles. The van der Waals surface area contributed by atoms with Gasteiger partial charge >= 0.3 is 12.1 Å². The van der Waals surface area contributed by atoms with E-state index in [1.807, 2.05) is 13.8 Å². The molecule has 1 aromatic carbocycles. The van der Waals surface area contributed by atoms with E-state index >= 15 is 0 Å². The van der Waals surface area contributed by atoms with Gasteiger partial charge in [-0.15, -0.1) is 0 Å². The number of hydrogen-bond acceptors (Lipinski definition) is 6. The molecule has 3 rings (SSSR count). The number of likely N-dealkylation sites (tertiary alicyclic amines) is 1. The lowest BCUT2D eigenvalue weighted by Gasteiger charge is -2.45. The molecule has 0 bridgehead atoms. The minimum Gasteiger partial charge on any atom is -0.461 e. The van der Waals surface area contributed by atoms with Crippen LogP contribution in [0, 0.1) is 11.3 Å². The fraction of sp³-hybridized carbons (Fsp3) is 0.565. The molecule has 1 spiro atoms. The van der Waals surface area contributed by atoms with Crippen LogP contribution in [0.1, 0.15) is 50.7 Å². The summed E-state index contributed by atoms with van der Waals surface area (Å²) in [7, 11) is 0. The summed E-state index contributed by atoms with van der Waals surface area (Å²) in [4.78, 5) is 40.2. The summed E-state index contributed by atoms with van der Waals surface area (Å²) in [5.74, 6) is -0.401. The molecule has 1 atom stereocenters. The Hall–Kier alpha value is -3.08.